The summed E-state index contributed by atoms with van der Waals surface area (Å²) in [5.74, 6) is -2.52. The van der Waals surface area contributed by atoms with E-state index in [4.69, 9.17) is 4.74 Å². The molecule has 0 heterocycles. The van der Waals surface area contributed by atoms with Crippen LogP contribution in [0.3, 0.4) is 0 Å². The largest absolute Gasteiger partial charge is 0.460 e. The predicted octanol–water partition coefficient (Wildman–Crippen LogP) is 3.72. The molecular formula is C32H48O8. The topological polar surface area (TPSA) is 138 Å². The molecule has 0 bridgehead atoms. The van der Waals surface area contributed by atoms with Gasteiger partial charge in [0.1, 0.15) is 23.1 Å². The van der Waals surface area contributed by atoms with Crippen LogP contribution in [0, 0.1) is 39.4 Å². The maximum atomic E-state index is 14.3. The smallest absolute Gasteiger partial charge is 0.303 e. The first-order chi connectivity index (χ1) is 18.1. The van der Waals surface area contributed by atoms with Crippen LogP contribution in [0.4, 0.5) is 0 Å². The molecule has 4 aliphatic carbocycles. The number of ether oxygens (including phenoxy) is 1. The first-order valence-corrected chi connectivity index (χ1v) is 14.7. The average molecular weight is 561 g/mol. The zero-order valence-electron chi connectivity index (χ0n) is 25.6. The lowest BCUT2D eigenvalue weighted by molar-refractivity contribution is -0.185. The summed E-state index contributed by atoms with van der Waals surface area (Å²) >= 11 is 0. The van der Waals surface area contributed by atoms with Gasteiger partial charge in [-0.05, 0) is 83.0 Å². The molecule has 3 N–H and O–H groups in total. The highest BCUT2D eigenvalue weighted by Crippen LogP contribution is 2.74. The third-order valence-corrected chi connectivity index (χ3v) is 11.9. The second kappa shape index (κ2) is 9.30. The summed E-state index contributed by atoms with van der Waals surface area (Å²) in [5, 5.41) is 34.1. The van der Waals surface area contributed by atoms with Crippen molar-refractivity contribution in [1.29, 1.82) is 0 Å². The number of aliphatic hydroxyl groups excluding tert-OH is 2. The van der Waals surface area contributed by atoms with Crippen molar-refractivity contribution in [2.24, 2.45) is 39.4 Å². The van der Waals surface area contributed by atoms with E-state index in [1.54, 1.807) is 13.8 Å². The first-order valence-electron chi connectivity index (χ1n) is 14.7. The SMILES string of the molecule is CC(=O)OC(C)(C)CCC(=O)[C@](C)(O)[C@H]1[C@H](O)C[C@@]2(C)[C@@H]3CC=C4[C@@H](C[C@H](O)C(=O)C4(C)C)C3(C)C(=O)C[C@]12C. The molecule has 0 spiro atoms. The molecule has 0 aromatic rings. The number of hydrogen-bond acceptors (Lipinski definition) is 8. The van der Waals surface area contributed by atoms with Gasteiger partial charge in [-0.15, -0.1) is 0 Å². The van der Waals surface area contributed by atoms with Gasteiger partial charge in [0.2, 0.25) is 0 Å². The van der Waals surface area contributed by atoms with E-state index in [1.165, 1.54) is 13.8 Å². The second-order valence-electron chi connectivity index (χ2n) is 15.1. The molecule has 0 aromatic carbocycles. The van der Waals surface area contributed by atoms with Gasteiger partial charge in [0.05, 0.1) is 6.10 Å². The van der Waals surface area contributed by atoms with Gasteiger partial charge in [-0.2, -0.15) is 0 Å². The van der Waals surface area contributed by atoms with Crippen molar-refractivity contribution in [3.63, 3.8) is 0 Å². The Morgan fingerprint density at radius 1 is 1.05 bits per heavy atom. The second-order valence-corrected chi connectivity index (χ2v) is 15.1. The summed E-state index contributed by atoms with van der Waals surface area (Å²) in [4.78, 5) is 52.2. The lowest BCUT2D eigenvalue weighted by Crippen LogP contribution is -2.65. The number of carbonyl (C=O) groups excluding carboxylic acids is 4. The number of Topliss-reactive ketones (excluding diaryl/α,β-unsaturated/α-hetero) is 3. The minimum Gasteiger partial charge on any atom is -0.460 e. The van der Waals surface area contributed by atoms with Crippen LogP contribution in [0.15, 0.2) is 11.6 Å². The third-order valence-electron chi connectivity index (χ3n) is 11.9. The van der Waals surface area contributed by atoms with E-state index < -0.39 is 62.7 Å². The Balaban J connectivity index is 1.70. The van der Waals surface area contributed by atoms with Crippen LogP contribution in [0.25, 0.3) is 0 Å². The highest BCUT2D eigenvalue weighted by molar-refractivity contribution is 5.95. The third kappa shape index (κ3) is 4.18. The molecular weight excluding hydrogens is 512 g/mol. The maximum Gasteiger partial charge on any atom is 0.303 e. The van der Waals surface area contributed by atoms with Crippen molar-refractivity contribution in [2.45, 2.75) is 124 Å². The Morgan fingerprint density at radius 3 is 2.23 bits per heavy atom. The van der Waals surface area contributed by atoms with Crippen LogP contribution in [-0.4, -0.2) is 62.0 Å². The molecule has 8 heteroatoms. The summed E-state index contributed by atoms with van der Waals surface area (Å²) in [6.45, 7) is 15.8. The van der Waals surface area contributed by atoms with Crippen LogP contribution in [0.2, 0.25) is 0 Å². The number of ketones is 3. The minimum absolute atomic E-state index is 0.0104. The van der Waals surface area contributed by atoms with Crippen LogP contribution in [-0.2, 0) is 23.9 Å². The fourth-order valence-electron chi connectivity index (χ4n) is 9.68. The van der Waals surface area contributed by atoms with E-state index in [0.717, 1.165) is 5.57 Å². The normalized spacial score (nSPS) is 42.2. The molecule has 9 atom stereocenters. The Kier molecular flexibility index (Phi) is 7.22. The molecule has 0 radical (unpaired) electrons. The van der Waals surface area contributed by atoms with Crippen molar-refractivity contribution in [1.82, 2.24) is 0 Å². The minimum atomic E-state index is -1.91. The zero-order chi connectivity index (χ0) is 30.4. The van der Waals surface area contributed by atoms with Gasteiger partial charge in [-0.3, -0.25) is 19.2 Å². The fourth-order valence-corrected chi connectivity index (χ4v) is 9.68. The molecule has 3 saturated carbocycles. The molecule has 0 amide bonds. The van der Waals surface area contributed by atoms with Crippen molar-refractivity contribution in [3.05, 3.63) is 11.6 Å². The van der Waals surface area contributed by atoms with E-state index in [0.29, 0.717) is 12.8 Å². The van der Waals surface area contributed by atoms with Crippen molar-refractivity contribution in [2.75, 3.05) is 0 Å². The van der Waals surface area contributed by atoms with E-state index >= 15 is 0 Å². The number of esters is 1. The molecule has 3 fully saturated rings. The maximum absolute atomic E-state index is 14.3. The van der Waals surface area contributed by atoms with E-state index in [-0.39, 0.29) is 49.1 Å². The summed E-state index contributed by atoms with van der Waals surface area (Å²) in [7, 11) is 0. The van der Waals surface area contributed by atoms with Gasteiger partial charge in [-0.1, -0.05) is 32.4 Å². The van der Waals surface area contributed by atoms with E-state index in [2.05, 4.69) is 13.0 Å². The Bertz CT molecular complexity index is 1160. The van der Waals surface area contributed by atoms with Crippen LogP contribution in [0.5, 0.6) is 0 Å². The van der Waals surface area contributed by atoms with Gasteiger partial charge in [0.15, 0.2) is 11.6 Å². The number of carbonyl (C=O) groups is 4. The predicted molar refractivity (Wildman–Crippen MR) is 148 cm³/mol. The average Bonchev–Trinajstić information content (AvgIpc) is 3.01. The van der Waals surface area contributed by atoms with Gasteiger partial charge >= 0.3 is 5.97 Å². The highest BCUT2D eigenvalue weighted by atomic mass is 16.6. The molecule has 4 aliphatic rings. The summed E-state index contributed by atoms with van der Waals surface area (Å²) < 4.78 is 5.31. The fraction of sp³-hybridized carbons (Fsp3) is 0.812. The monoisotopic (exact) mass is 560 g/mol. The van der Waals surface area contributed by atoms with E-state index in [1.807, 2.05) is 27.7 Å². The number of fused-ring (bicyclic) bond motifs is 5. The quantitative estimate of drug-likeness (QED) is 0.330. The van der Waals surface area contributed by atoms with Crippen molar-refractivity contribution in [3.8, 4) is 0 Å². The van der Waals surface area contributed by atoms with Crippen LogP contribution in [0.1, 0.15) is 101 Å². The van der Waals surface area contributed by atoms with Crippen molar-refractivity contribution >= 4 is 23.3 Å². The van der Waals surface area contributed by atoms with Gasteiger partial charge in [0.25, 0.3) is 0 Å². The Labute approximate surface area is 237 Å². The number of rotatable bonds is 6. The first kappa shape index (κ1) is 31.0. The molecule has 224 valence electrons. The molecule has 40 heavy (non-hydrogen) atoms. The molecule has 8 nitrogen and oxygen atoms in total. The molecule has 0 aromatic heterocycles. The zero-order valence-corrected chi connectivity index (χ0v) is 25.6. The van der Waals surface area contributed by atoms with Gasteiger partial charge < -0.3 is 20.1 Å². The number of aliphatic hydroxyl groups is 3. The van der Waals surface area contributed by atoms with Crippen LogP contribution < -0.4 is 0 Å². The molecule has 4 rings (SSSR count). The lowest BCUT2D eigenvalue weighted by atomic mass is 9.38. The summed E-state index contributed by atoms with van der Waals surface area (Å²) in [5.41, 5.74) is -5.07. The van der Waals surface area contributed by atoms with Crippen molar-refractivity contribution < 1.29 is 39.2 Å². The molecule has 0 saturated heterocycles. The number of allylic oxidation sites excluding steroid dienone is 2. The Morgan fingerprint density at radius 2 is 1.65 bits per heavy atom. The standard InChI is InChI=1S/C32H48O8/c1-17(33)40-27(2,3)13-12-23(36)32(9,39)25-21(35)15-29(6)22-11-10-18-19(14-20(34)26(38)28(18,4)5)31(22,8)24(37)16-30(25,29)7/h10,19-22,25,34-35,39H,11-16H2,1-9H3/t19-,20+,21-,22+,25+,29+,30-,31?,32+/m1/s1. The lowest BCUT2D eigenvalue weighted by Gasteiger charge is -2.64. The van der Waals surface area contributed by atoms with Crippen LogP contribution >= 0.6 is 0 Å². The Hall–Kier alpha value is -1.90. The van der Waals surface area contributed by atoms with E-state index in [9.17, 15) is 34.5 Å². The van der Waals surface area contributed by atoms with Gasteiger partial charge in [0, 0.05) is 36.5 Å². The highest BCUT2D eigenvalue weighted by Gasteiger charge is 2.74. The number of hydrogen-bond donors (Lipinski definition) is 3. The summed E-state index contributed by atoms with van der Waals surface area (Å²) in [6.07, 6.45) is 1.23. The molecule has 1 unspecified atom stereocenters. The molecule has 0 aliphatic heterocycles. The van der Waals surface area contributed by atoms with Gasteiger partial charge in [-0.25, -0.2) is 0 Å². The summed E-state index contributed by atoms with van der Waals surface area (Å²) in [6, 6.07) is 0.